The van der Waals surface area contributed by atoms with Crippen LogP contribution in [-0.4, -0.2) is 167 Å². The predicted octanol–water partition coefficient (Wildman–Crippen LogP) is 1.95. The molecule has 0 bridgehead atoms. The average molecular weight is 1400 g/mol. The van der Waals surface area contributed by atoms with E-state index in [-0.39, 0.29) is 80.5 Å². The number of primary amides is 1. The number of non-ortho nitro benzene ring substituents is 1. The van der Waals surface area contributed by atoms with Crippen LogP contribution in [0.5, 0.6) is 11.5 Å². The number of hydrogen-bond acceptors (Lipinski definition) is 20. The third kappa shape index (κ3) is 21.3. The zero-order chi connectivity index (χ0) is 72.9. The van der Waals surface area contributed by atoms with E-state index in [1.807, 2.05) is 26.0 Å². The van der Waals surface area contributed by atoms with Gasteiger partial charge in [0, 0.05) is 78.2 Å². The Bertz CT molecular complexity index is 4090. The number of para-hydroxylation sites is 1. The van der Waals surface area contributed by atoms with Gasteiger partial charge in [0.1, 0.15) is 71.1 Å². The molecule has 0 unspecified atom stereocenters. The maximum atomic E-state index is 14.9. The van der Waals surface area contributed by atoms with Crippen LogP contribution in [0.15, 0.2) is 111 Å². The van der Waals surface area contributed by atoms with Crippen molar-refractivity contribution in [1.29, 1.82) is 0 Å². The van der Waals surface area contributed by atoms with E-state index in [4.69, 9.17) is 31.1 Å². The number of aromatic nitrogens is 1. The van der Waals surface area contributed by atoms with Crippen LogP contribution in [0.2, 0.25) is 0 Å². The molecule has 2 aromatic heterocycles. The fourth-order valence-corrected chi connectivity index (χ4v) is 12.0. The number of amides is 9. The molecule has 1 fully saturated rings. The number of thioether (sulfide) groups is 1. The number of nitrogens with one attached hydrogen (secondary N) is 9. The first-order valence-corrected chi connectivity index (χ1v) is 33.1. The van der Waals surface area contributed by atoms with Crippen molar-refractivity contribution in [2.24, 2.45) is 28.1 Å². The van der Waals surface area contributed by atoms with Crippen molar-refractivity contribution < 1.29 is 66.9 Å². The minimum Gasteiger partial charge on any atom is -0.497 e. The van der Waals surface area contributed by atoms with Gasteiger partial charge < -0.3 is 83.5 Å². The first-order valence-electron chi connectivity index (χ1n) is 31.9. The molecule has 15 N–H and O–H groups in total. The highest BCUT2D eigenvalue weighted by molar-refractivity contribution is 7.98. The third-order valence-corrected chi connectivity index (χ3v) is 17.4. The lowest BCUT2D eigenvalue weighted by Gasteiger charge is -2.28. The van der Waals surface area contributed by atoms with E-state index in [1.54, 1.807) is 54.7 Å². The number of nitrogens with two attached hydrogens (primary N) is 3. The number of guanidine groups is 1. The Morgan fingerprint density at radius 1 is 0.700 bits per heavy atom. The van der Waals surface area contributed by atoms with Crippen LogP contribution in [0.3, 0.4) is 0 Å². The number of nitro benzene ring substituents is 2. The fraction of sp³-hybridized carbons (Fsp3) is 0.409. The molecule has 4 aromatic carbocycles. The Kier molecular flexibility index (Phi) is 27.2. The molecule has 1 aliphatic rings. The summed E-state index contributed by atoms with van der Waals surface area (Å²) in [5.41, 5.74) is 17.1. The molecule has 7 rings (SSSR count). The average Bonchev–Trinajstić information content (AvgIpc) is 1.83. The number of H-pyrrole nitrogens is 1. The summed E-state index contributed by atoms with van der Waals surface area (Å²) < 4.78 is 15.9. The standard InChI is InChI=1S/C66H82N16O17S/c1-35(2)25-49(77-65(92)53-14-10-24-80(53)56(83)27-39-28-57(84)99-55-30-43(98-6)20-21-45(39)55)62(89)73-37(4)60(87)79-52(34-100-33-38-15-18-42(97-5)19-16-38)64(91)76-50(26-40-31-71-46-12-8-7-11-44(40)46)63(90)74-36(3)59(86)75-48(13-9-23-70-66(68)69)61(88)78-51(58(67)85)32-72-47-22-17-41(81(93)94)29-54(47)82(95)96/h7-8,11-12,15-22,28-31,35-37,48-53,71-72H,9-10,13-14,23-27,32-34H2,1-6H3,(H2,67,85)(H,73,89)(H,74,90)(H,75,86)(H,76,91)(H,77,92)(H,78,88)(H,79,87)(H4,68,69,70)/t36-,37-,48-,49-,50-,51-,52-,53-/m0/s1. The number of aliphatic imine (C=N–C) groups is 1. The lowest BCUT2D eigenvalue weighted by Crippen LogP contribution is -2.60. The highest BCUT2D eigenvalue weighted by Gasteiger charge is 2.38. The number of ether oxygens (including phenoxy) is 2. The lowest BCUT2D eigenvalue weighted by molar-refractivity contribution is -0.393. The number of rotatable bonds is 36. The number of hydrogen-bond donors (Lipinski definition) is 12. The van der Waals surface area contributed by atoms with Crippen LogP contribution in [0.4, 0.5) is 17.1 Å². The van der Waals surface area contributed by atoms with E-state index in [0.717, 1.165) is 17.7 Å². The molecule has 33 nitrogen and oxygen atoms in total. The van der Waals surface area contributed by atoms with E-state index >= 15 is 0 Å². The number of methoxy groups -OCH3 is 2. The number of carbonyl (C=O) groups is 9. The number of carbonyl (C=O) groups excluding carboxylic acids is 9. The first-order chi connectivity index (χ1) is 47.6. The second kappa shape index (κ2) is 35.8. The van der Waals surface area contributed by atoms with Crippen LogP contribution in [0.1, 0.15) is 76.5 Å². The zero-order valence-corrected chi connectivity index (χ0v) is 56.6. The van der Waals surface area contributed by atoms with Gasteiger partial charge in [0.25, 0.3) is 11.4 Å². The molecule has 100 heavy (non-hydrogen) atoms. The van der Waals surface area contributed by atoms with E-state index < -0.39 is 135 Å². The lowest BCUT2D eigenvalue weighted by atomic mass is 10.0. The summed E-state index contributed by atoms with van der Waals surface area (Å²) in [5, 5.41) is 45.5. The summed E-state index contributed by atoms with van der Waals surface area (Å²) >= 11 is 1.26. The first kappa shape index (κ1) is 76.1. The van der Waals surface area contributed by atoms with Gasteiger partial charge in [-0.25, -0.2) is 4.79 Å². The minimum atomic E-state index is -1.59. The van der Waals surface area contributed by atoms with Crippen LogP contribution < -0.4 is 74.8 Å². The van der Waals surface area contributed by atoms with Crippen molar-refractivity contribution in [3.63, 3.8) is 0 Å². The molecule has 1 saturated heterocycles. The Labute approximate surface area is 577 Å². The van der Waals surface area contributed by atoms with Gasteiger partial charge in [0.05, 0.1) is 36.6 Å². The van der Waals surface area contributed by atoms with Gasteiger partial charge in [0.2, 0.25) is 53.2 Å². The number of nitrogens with zero attached hydrogens (tertiary/aromatic N) is 4. The molecule has 534 valence electrons. The molecule has 8 atom stereocenters. The number of anilines is 1. The largest absolute Gasteiger partial charge is 0.497 e. The molecular weight excluding hydrogens is 1320 g/mol. The maximum absolute atomic E-state index is 14.9. The Hall–Kier alpha value is -11.3. The highest BCUT2D eigenvalue weighted by atomic mass is 32.2. The molecule has 0 saturated carbocycles. The van der Waals surface area contributed by atoms with Gasteiger partial charge in [-0.05, 0) is 105 Å². The third-order valence-electron chi connectivity index (χ3n) is 16.3. The summed E-state index contributed by atoms with van der Waals surface area (Å²) in [5.74, 6) is -6.52. The Morgan fingerprint density at radius 3 is 1.98 bits per heavy atom. The summed E-state index contributed by atoms with van der Waals surface area (Å²) in [4.78, 5) is 170. The molecule has 0 aliphatic carbocycles. The SMILES string of the molecule is COc1ccc(CSC[C@H](NC(=O)[C@H](C)NC(=O)[C@H](CC(C)C)NC(=O)[C@@H]2CCCN2C(=O)Cc2cc(=O)oc3cc(OC)ccc23)C(=O)N[C@@H](Cc2c[nH]c3ccccc23)C(=O)N[C@@H](C)C(=O)N[C@@H](CCCN=C(N)N)C(=O)N[C@@H](CNc2ccc([N+](=O)[O-])cc2[N+](=O)[O-])C(N)=O)cc1. The van der Waals surface area contributed by atoms with Gasteiger partial charge in [-0.15, -0.1) is 0 Å². The normalized spacial score (nSPS) is 14.8. The van der Waals surface area contributed by atoms with E-state index in [2.05, 4.69) is 52.5 Å². The summed E-state index contributed by atoms with van der Waals surface area (Å²) in [6.45, 7) is 5.99. The summed E-state index contributed by atoms with van der Waals surface area (Å²) in [6.07, 6.45) is 2.01. The Balaban J connectivity index is 1.07. The summed E-state index contributed by atoms with van der Waals surface area (Å²) in [6, 6.07) is 12.2. The van der Waals surface area contributed by atoms with Crippen LogP contribution in [0.25, 0.3) is 21.9 Å². The predicted molar refractivity (Wildman–Crippen MR) is 370 cm³/mol. The van der Waals surface area contributed by atoms with Crippen molar-refractivity contribution in [2.45, 2.75) is 127 Å². The highest BCUT2D eigenvalue weighted by Crippen LogP contribution is 2.30. The molecule has 6 aromatic rings. The van der Waals surface area contributed by atoms with Crippen molar-refractivity contribution in [2.75, 3.05) is 44.9 Å². The number of benzene rings is 4. The van der Waals surface area contributed by atoms with Crippen molar-refractivity contribution in [1.82, 2.24) is 47.1 Å². The van der Waals surface area contributed by atoms with Crippen LogP contribution >= 0.6 is 11.8 Å². The van der Waals surface area contributed by atoms with E-state index in [1.165, 1.54) is 56.9 Å². The molecule has 0 radical (unpaired) electrons. The quantitative estimate of drug-likeness (QED) is 0.00668. The van der Waals surface area contributed by atoms with E-state index in [0.29, 0.717) is 57.2 Å². The molecular formula is C66H82N16O17S. The second-order valence-electron chi connectivity index (χ2n) is 24.1. The molecule has 0 spiro atoms. The zero-order valence-electron chi connectivity index (χ0n) is 55.8. The fourth-order valence-electron chi connectivity index (χ4n) is 11.0. The van der Waals surface area contributed by atoms with Gasteiger partial charge >= 0.3 is 5.63 Å². The molecule has 1 aliphatic heterocycles. The van der Waals surface area contributed by atoms with Gasteiger partial charge in [-0.2, -0.15) is 11.8 Å². The van der Waals surface area contributed by atoms with Crippen LogP contribution in [-0.2, 0) is 61.7 Å². The van der Waals surface area contributed by atoms with Crippen molar-refractivity contribution in [3.05, 3.63) is 145 Å². The van der Waals surface area contributed by atoms with Gasteiger partial charge in [-0.1, -0.05) is 44.2 Å². The number of likely N-dealkylation sites (tertiary alicyclic amines) is 1. The minimum absolute atomic E-state index is 0.0233. The van der Waals surface area contributed by atoms with Crippen molar-refractivity contribution >= 4 is 110 Å². The molecule has 34 heteroatoms. The Morgan fingerprint density at radius 2 is 1.33 bits per heavy atom. The van der Waals surface area contributed by atoms with Gasteiger partial charge in [0.15, 0.2) is 5.96 Å². The molecule has 3 heterocycles. The van der Waals surface area contributed by atoms with Gasteiger partial charge in [-0.3, -0.25) is 68.4 Å². The van der Waals surface area contributed by atoms with Crippen molar-refractivity contribution in [3.8, 4) is 11.5 Å². The number of aromatic amines is 1. The second-order valence-corrected chi connectivity index (χ2v) is 25.2. The topological polar surface area (TPSA) is 494 Å². The smallest absolute Gasteiger partial charge is 0.336 e. The molecule has 9 amide bonds. The number of fused-ring (bicyclic) bond motifs is 2. The van der Waals surface area contributed by atoms with Crippen LogP contribution in [0, 0.1) is 26.1 Å². The van der Waals surface area contributed by atoms with E-state index in [9.17, 15) is 68.2 Å². The monoisotopic (exact) mass is 1400 g/mol. The number of nitro groups is 2. The maximum Gasteiger partial charge on any atom is 0.336 e. The summed E-state index contributed by atoms with van der Waals surface area (Å²) in [7, 11) is 2.98.